The fourth-order valence-corrected chi connectivity index (χ4v) is 4.67. The van der Waals surface area contributed by atoms with Crippen molar-refractivity contribution in [1.82, 2.24) is 0 Å². The Balaban J connectivity index is 2.02. The molecular weight excluding hydrogens is 388 g/mol. The number of carbonyl (C=O) groups is 1. The van der Waals surface area contributed by atoms with Gasteiger partial charge in [-0.1, -0.05) is 53.9 Å². The fraction of sp³-hybridized carbons (Fsp3) is 0.741. The fourth-order valence-electron chi connectivity index (χ4n) is 4.67. The molecule has 0 fully saturated rings. The number of rotatable bonds is 11. The van der Waals surface area contributed by atoms with Crippen LogP contribution in [-0.4, -0.2) is 23.3 Å². The maximum absolute atomic E-state index is 12.0. The molecule has 4 nitrogen and oxygen atoms in total. The summed E-state index contributed by atoms with van der Waals surface area (Å²) in [5.41, 5.74) is 1.51. The molecule has 1 aromatic carbocycles. The summed E-state index contributed by atoms with van der Waals surface area (Å²) in [6.45, 7) is 15.7. The predicted octanol–water partition coefficient (Wildman–Crippen LogP) is 7.26. The molecule has 0 aromatic heterocycles. The highest BCUT2D eigenvalue weighted by Gasteiger charge is 2.37. The van der Waals surface area contributed by atoms with Crippen LogP contribution in [0.1, 0.15) is 117 Å². The van der Waals surface area contributed by atoms with Gasteiger partial charge in [-0.15, -0.1) is 0 Å². The van der Waals surface area contributed by atoms with E-state index in [9.17, 15) is 9.90 Å². The lowest BCUT2D eigenvalue weighted by molar-refractivity contribution is -0.143. The van der Waals surface area contributed by atoms with E-state index < -0.39 is 0 Å². The molecule has 1 aromatic rings. The molecule has 1 N–H and O–H groups in total. The van der Waals surface area contributed by atoms with E-state index in [1.54, 1.807) is 0 Å². The maximum atomic E-state index is 12.0. The van der Waals surface area contributed by atoms with E-state index >= 15 is 0 Å². The summed E-state index contributed by atoms with van der Waals surface area (Å²) < 4.78 is 11.7. The second kappa shape index (κ2) is 10.7. The largest absolute Gasteiger partial charge is 0.508 e. The van der Waals surface area contributed by atoms with Gasteiger partial charge in [0, 0.05) is 17.5 Å². The van der Waals surface area contributed by atoms with Crippen LogP contribution >= 0.6 is 0 Å². The molecule has 0 bridgehead atoms. The van der Waals surface area contributed by atoms with Crippen LogP contribution in [0.25, 0.3) is 0 Å². The maximum Gasteiger partial charge on any atom is 0.305 e. The van der Waals surface area contributed by atoms with Crippen LogP contribution in [0.4, 0.5) is 0 Å². The molecule has 0 amide bonds. The van der Waals surface area contributed by atoms with Gasteiger partial charge in [-0.25, -0.2) is 0 Å². The quantitative estimate of drug-likeness (QED) is 0.295. The van der Waals surface area contributed by atoms with Crippen LogP contribution in [-0.2, 0) is 14.9 Å². The lowest BCUT2D eigenvalue weighted by atomic mass is 9.74. The number of ether oxygens (including phenoxy) is 2. The van der Waals surface area contributed by atoms with Crippen molar-refractivity contribution in [3.63, 3.8) is 0 Å². The Labute approximate surface area is 189 Å². The Kier molecular flexibility index (Phi) is 8.85. The number of benzene rings is 1. The molecule has 0 radical (unpaired) electrons. The normalized spacial score (nSPS) is 17.9. The van der Waals surface area contributed by atoms with Crippen LogP contribution in [0.15, 0.2) is 12.1 Å². The predicted molar refractivity (Wildman–Crippen MR) is 127 cm³/mol. The lowest BCUT2D eigenvalue weighted by Crippen LogP contribution is -2.36. The van der Waals surface area contributed by atoms with Crippen molar-refractivity contribution in [3.8, 4) is 11.5 Å². The number of unbranched alkanes of at least 4 members (excludes halogenated alkanes) is 3. The molecule has 31 heavy (non-hydrogen) atoms. The van der Waals surface area contributed by atoms with E-state index in [4.69, 9.17) is 9.47 Å². The highest BCUT2D eigenvalue weighted by Crippen LogP contribution is 2.48. The SMILES string of the molecule is CCCCCCOC(=O)CCCC(C)(C)c1cc2c(cc1O)C(C(C)C)CC(C)(C)O2. The van der Waals surface area contributed by atoms with Crippen molar-refractivity contribution in [3.05, 3.63) is 23.3 Å². The summed E-state index contributed by atoms with van der Waals surface area (Å²) in [5.74, 6) is 1.95. The van der Waals surface area contributed by atoms with Gasteiger partial charge < -0.3 is 14.6 Å². The van der Waals surface area contributed by atoms with Crippen LogP contribution in [0, 0.1) is 5.92 Å². The number of hydrogen-bond donors (Lipinski definition) is 1. The lowest BCUT2D eigenvalue weighted by Gasteiger charge is -2.40. The monoisotopic (exact) mass is 432 g/mol. The van der Waals surface area contributed by atoms with Crippen LogP contribution in [0.3, 0.4) is 0 Å². The van der Waals surface area contributed by atoms with Gasteiger partial charge in [-0.05, 0) is 68.9 Å². The molecule has 1 heterocycles. The Bertz CT molecular complexity index is 733. The third-order valence-electron chi connectivity index (χ3n) is 6.60. The molecule has 2 rings (SSSR count). The molecule has 0 saturated carbocycles. The highest BCUT2D eigenvalue weighted by atomic mass is 16.5. The Morgan fingerprint density at radius 1 is 1.23 bits per heavy atom. The molecule has 1 atom stereocenters. The van der Waals surface area contributed by atoms with Crippen molar-refractivity contribution in [2.24, 2.45) is 5.92 Å². The molecule has 4 heteroatoms. The molecule has 1 unspecified atom stereocenters. The van der Waals surface area contributed by atoms with Crippen molar-refractivity contribution in [2.75, 3.05) is 6.61 Å². The van der Waals surface area contributed by atoms with Gasteiger partial charge in [-0.2, -0.15) is 0 Å². The molecule has 1 aliphatic heterocycles. The third kappa shape index (κ3) is 7.15. The zero-order chi connectivity index (χ0) is 23.2. The standard InChI is InChI=1S/C27H44O4/c1-8-9-10-11-15-30-25(29)13-12-14-26(4,5)22-17-24-20(16-23(22)28)21(19(2)3)18-27(6,7)31-24/h16-17,19,21,28H,8-15,18H2,1-7H3. The third-order valence-corrected chi connectivity index (χ3v) is 6.60. The number of fused-ring (bicyclic) bond motifs is 1. The Morgan fingerprint density at radius 2 is 1.94 bits per heavy atom. The van der Waals surface area contributed by atoms with Crippen LogP contribution in [0.5, 0.6) is 11.5 Å². The zero-order valence-corrected chi connectivity index (χ0v) is 20.8. The van der Waals surface area contributed by atoms with Gasteiger partial charge in [0.1, 0.15) is 17.1 Å². The first-order valence-corrected chi connectivity index (χ1v) is 12.2. The van der Waals surface area contributed by atoms with E-state index in [0.29, 0.717) is 30.6 Å². The first-order valence-electron chi connectivity index (χ1n) is 12.2. The Morgan fingerprint density at radius 3 is 2.58 bits per heavy atom. The second-order valence-corrected chi connectivity index (χ2v) is 10.8. The van der Waals surface area contributed by atoms with Crippen molar-refractivity contribution < 1.29 is 19.4 Å². The van der Waals surface area contributed by atoms with Gasteiger partial charge in [0.05, 0.1) is 6.61 Å². The van der Waals surface area contributed by atoms with Crippen molar-refractivity contribution in [1.29, 1.82) is 0 Å². The summed E-state index contributed by atoms with van der Waals surface area (Å²) in [7, 11) is 0. The number of carbonyl (C=O) groups excluding carboxylic acids is 1. The summed E-state index contributed by atoms with van der Waals surface area (Å²) in [5, 5.41) is 10.9. The molecule has 1 aliphatic rings. The zero-order valence-electron chi connectivity index (χ0n) is 20.8. The van der Waals surface area contributed by atoms with Gasteiger partial charge in [-0.3, -0.25) is 4.79 Å². The van der Waals surface area contributed by atoms with Gasteiger partial charge in [0.2, 0.25) is 0 Å². The first kappa shape index (κ1) is 25.5. The van der Waals surface area contributed by atoms with E-state index in [1.165, 1.54) is 12.8 Å². The number of aromatic hydroxyl groups is 1. The molecular formula is C27H44O4. The van der Waals surface area contributed by atoms with E-state index in [0.717, 1.165) is 49.0 Å². The van der Waals surface area contributed by atoms with Gasteiger partial charge in [0.25, 0.3) is 0 Å². The molecule has 0 spiro atoms. The molecule has 0 saturated heterocycles. The topological polar surface area (TPSA) is 55.8 Å². The molecule has 0 aliphatic carbocycles. The average molecular weight is 433 g/mol. The number of phenolic OH excluding ortho intramolecular Hbond substituents is 1. The summed E-state index contributed by atoms with van der Waals surface area (Å²) in [6, 6.07) is 3.95. The average Bonchev–Trinajstić information content (AvgIpc) is 2.66. The highest BCUT2D eigenvalue weighted by molar-refractivity contribution is 5.69. The smallest absolute Gasteiger partial charge is 0.305 e. The minimum atomic E-state index is -0.265. The van der Waals surface area contributed by atoms with Crippen LogP contribution in [0.2, 0.25) is 0 Å². The van der Waals surface area contributed by atoms with Crippen molar-refractivity contribution in [2.45, 2.75) is 117 Å². The number of phenols is 1. The van der Waals surface area contributed by atoms with E-state index in [-0.39, 0.29) is 17.0 Å². The number of hydrogen-bond acceptors (Lipinski definition) is 4. The van der Waals surface area contributed by atoms with E-state index in [2.05, 4.69) is 48.5 Å². The van der Waals surface area contributed by atoms with Gasteiger partial charge >= 0.3 is 5.97 Å². The first-order chi connectivity index (χ1) is 14.5. The van der Waals surface area contributed by atoms with Gasteiger partial charge in [0.15, 0.2) is 0 Å². The summed E-state index contributed by atoms with van der Waals surface area (Å²) in [4.78, 5) is 12.0. The Hall–Kier alpha value is -1.71. The number of esters is 1. The second-order valence-electron chi connectivity index (χ2n) is 10.8. The van der Waals surface area contributed by atoms with Crippen molar-refractivity contribution >= 4 is 5.97 Å². The molecule has 176 valence electrons. The minimum absolute atomic E-state index is 0.119. The summed E-state index contributed by atoms with van der Waals surface area (Å²) in [6.07, 6.45) is 7.32. The summed E-state index contributed by atoms with van der Waals surface area (Å²) >= 11 is 0. The van der Waals surface area contributed by atoms with Crippen LogP contribution < -0.4 is 4.74 Å². The minimum Gasteiger partial charge on any atom is -0.508 e. The van der Waals surface area contributed by atoms with E-state index in [1.807, 2.05) is 12.1 Å².